The predicted octanol–water partition coefficient (Wildman–Crippen LogP) is 4.92. The van der Waals surface area contributed by atoms with Gasteiger partial charge in [-0.2, -0.15) is 26.3 Å². The number of hydrogen-bond acceptors (Lipinski definition) is 3. The number of carbonyl (C=O) groups excluding carboxylic acids is 3. The topological polar surface area (TPSA) is 83.7 Å². The summed E-state index contributed by atoms with van der Waals surface area (Å²) in [5.74, 6) is -3.83. The SMILES string of the molecule is CC(C)c1ccccc1[C@@H]1CN(C(=O)C(N)=O)CCC1C(=O)N(C)Cc1cc(C(F)(F)F)cc(C(F)(F)F)c1. The number of benzene rings is 2. The fourth-order valence-electron chi connectivity index (χ4n) is 5.02. The summed E-state index contributed by atoms with van der Waals surface area (Å²) in [6.07, 6.45) is -9.90. The lowest BCUT2D eigenvalue weighted by Crippen LogP contribution is -2.50. The summed E-state index contributed by atoms with van der Waals surface area (Å²) >= 11 is 0. The third-order valence-electron chi connectivity index (χ3n) is 6.89. The molecule has 2 aromatic carbocycles. The Kier molecular flexibility index (Phi) is 8.66. The first-order valence-electron chi connectivity index (χ1n) is 12.2. The third-order valence-corrected chi connectivity index (χ3v) is 6.89. The van der Waals surface area contributed by atoms with Crippen LogP contribution in [0.25, 0.3) is 0 Å². The van der Waals surface area contributed by atoms with E-state index in [4.69, 9.17) is 5.73 Å². The molecule has 0 aromatic heterocycles. The van der Waals surface area contributed by atoms with E-state index in [1.165, 1.54) is 11.9 Å². The monoisotopic (exact) mass is 557 g/mol. The van der Waals surface area contributed by atoms with Crippen molar-refractivity contribution >= 4 is 17.7 Å². The maximum absolute atomic E-state index is 13.6. The lowest BCUT2D eigenvalue weighted by molar-refractivity contribution is -0.147. The van der Waals surface area contributed by atoms with E-state index in [2.05, 4.69) is 0 Å². The van der Waals surface area contributed by atoms with Gasteiger partial charge in [0.05, 0.1) is 11.1 Å². The summed E-state index contributed by atoms with van der Waals surface area (Å²) in [5.41, 5.74) is 3.60. The number of amides is 3. The van der Waals surface area contributed by atoms with Crippen molar-refractivity contribution in [3.63, 3.8) is 0 Å². The highest BCUT2D eigenvalue weighted by atomic mass is 19.4. The standard InChI is InChI=1S/C27H29F6N3O3/c1-15(2)19-6-4-5-7-20(19)22-14-36(25(39)23(34)37)9-8-21(22)24(38)35(3)13-16-10-17(26(28,29)30)12-18(11-16)27(31,32)33/h4-7,10-12,15,21-22H,8-9,13-14H2,1-3H3,(H2,34,37)/t21?,22-/m0/s1. The van der Waals surface area contributed by atoms with Crippen LogP contribution in [-0.4, -0.2) is 47.7 Å². The molecule has 0 aliphatic carbocycles. The maximum Gasteiger partial charge on any atom is 0.416 e. The minimum atomic E-state index is -5.01. The molecule has 6 nitrogen and oxygen atoms in total. The Bertz CT molecular complexity index is 1210. The Balaban J connectivity index is 1.96. The highest BCUT2D eigenvalue weighted by molar-refractivity contribution is 6.34. The molecule has 12 heteroatoms. The second-order valence-corrected chi connectivity index (χ2v) is 10.0. The Labute approximate surface area is 221 Å². The predicted molar refractivity (Wildman–Crippen MR) is 130 cm³/mol. The molecule has 1 aliphatic rings. The molecule has 0 spiro atoms. The quantitative estimate of drug-likeness (QED) is 0.418. The zero-order valence-electron chi connectivity index (χ0n) is 21.6. The van der Waals surface area contributed by atoms with Gasteiger partial charge < -0.3 is 15.5 Å². The average Bonchev–Trinajstić information content (AvgIpc) is 2.86. The van der Waals surface area contributed by atoms with E-state index in [-0.39, 0.29) is 37.1 Å². The van der Waals surface area contributed by atoms with Crippen LogP contribution in [0, 0.1) is 5.92 Å². The van der Waals surface area contributed by atoms with Crippen molar-refractivity contribution in [2.24, 2.45) is 11.7 Å². The van der Waals surface area contributed by atoms with E-state index in [1.807, 2.05) is 26.0 Å². The van der Waals surface area contributed by atoms with Gasteiger partial charge in [0.2, 0.25) is 5.91 Å². The Morgan fingerprint density at radius 2 is 1.56 bits per heavy atom. The number of piperidine rings is 1. The smallest absolute Gasteiger partial charge is 0.361 e. The molecule has 1 heterocycles. The zero-order valence-corrected chi connectivity index (χ0v) is 21.6. The van der Waals surface area contributed by atoms with E-state index in [0.717, 1.165) is 16.0 Å². The first-order chi connectivity index (χ1) is 18.0. The minimum absolute atomic E-state index is 0.00245. The van der Waals surface area contributed by atoms with Gasteiger partial charge in [-0.3, -0.25) is 14.4 Å². The van der Waals surface area contributed by atoms with Crippen LogP contribution < -0.4 is 5.73 Å². The Morgan fingerprint density at radius 3 is 2.08 bits per heavy atom. The molecule has 1 saturated heterocycles. The summed E-state index contributed by atoms with van der Waals surface area (Å²) in [7, 11) is 1.31. The van der Waals surface area contributed by atoms with Gasteiger partial charge in [0, 0.05) is 38.5 Å². The van der Waals surface area contributed by atoms with Crippen molar-refractivity contribution in [3.05, 3.63) is 70.3 Å². The van der Waals surface area contributed by atoms with Crippen LogP contribution in [-0.2, 0) is 33.3 Å². The van der Waals surface area contributed by atoms with Crippen LogP contribution in [0.4, 0.5) is 26.3 Å². The largest absolute Gasteiger partial charge is 0.416 e. The summed E-state index contributed by atoms with van der Waals surface area (Å²) in [6.45, 7) is 3.43. The van der Waals surface area contributed by atoms with Gasteiger partial charge in [-0.05, 0) is 47.2 Å². The lowest BCUT2D eigenvalue weighted by atomic mass is 9.76. The third kappa shape index (κ3) is 6.90. The summed E-state index contributed by atoms with van der Waals surface area (Å²) in [6, 6.07) is 8.50. The highest BCUT2D eigenvalue weighted by Gasteiger charge is 2.41. The van der Waals surface area contributed by atoms with Crippen molar-refractivity contribution in [2.75, 3.05) is 20.1 Å². The highest BCUT2D eigenvalue weighted by Crippen LogP contribution is 2.39. The molecule has 39 heavy (non-hydrogen) atoms. The van der Waals surface area contributed by atoms with E-state index in [0.29, 0.717) is 12.1 Å². The number of nitrogens with zero attached hydrogens (tertiary/aromatic N) is 2. The van der Waals surface area contributed by atoms with Crippen molar-refractivity contribution in [3.8, 4) is 0 Å². The van der Waals surface area contributed by atoms with E-state index >= 15 is 0 Å². The van der Waals surface area contributed by atoms with Crippen LogP contribution in [0.1, 0.15) is 59.9 Å². The van der Waals surface area contributed by atoms with Crippen LogP contribution >= 0.6 is 0 Å². The van der Waals surface area contributed by atoms with Crippen LogP contribution in [0.2, 0.25) is 0 Å². The molecule has 0 bridgehead atoms. The molecule has 2 aromatic rings. The van der Waals surface area contributed by atoms with Crippen LogP contribution in [0.5, 0.6) is 0 Å². The number of nitrogens with two attached hydrogens (primary N) is 1. The molecule has 0 radical (unpaired) electrons. The molecule has 1 unspecified atom stereocenters. The summed E-state index contributed by atoms with van der Waals surface area (Å²) in [5, 5.41) is 0. The lowest BCUT2D eigenvalue weighted by Gasteiger charge is -2.40. The molecule has 2 atom stereocenters. The Hall–Kier alpha value is -3.57. The summed E-state index contributed by atoms with van der Waals surface area (Å²) < 4.78 is 79.9. The molecule has 3 rings (SSSR count). The number of halogens is 6. The second kappa shape index (κ2) is 11.3. The van der Waals surface area contributed by atoms with Gasteiger partial charge >= 0.3 is 24.2 Å². The van der Waals surface area contributed by atoms with Gasteiger partial charge in [-0.25, -0.2) is 0 Å². The maximum atomic E-state index is 13.6. The van der Waals surface area contributed by atoms with Gasteiger partial charge in [0.1, 0.15) is 0 Å². The van der Waals surface area contributed by atoms with Crippen LogP contribution in [0.3, 0.4) is 0 Å². The second-order valence-electron chi connectivity index (χ2n) is 10.0. The Morgan fingerprint density at radius 1 is 1.00 bits per heavy atom. The van der Waals surface area contributed by atoms with Crippen molar-refractivity contribution < 1.29 is 40.7 Å². The van der Waals surface area contributed by atoms with Gasteiger partial charge in [0.15, 0.2) is 0 Å². The first kappa shape index (κ1) is 30.0. The number of likely N-dealkylation sites (tertiary alicyclic amines) is 1. The molecular weight excluding hydrogens is 528 g/mol. The van der Waals surface area contributed by atoms with Crippen LogP contribution in [0.15, 0.2) is 42.5 Å². The number of primary amides is 1. The minimum Gasteiger partial charge on any atom is -0.361 e. The first-order valence-corrected chi connectivity index (χ1v) is 12.2. The molecule has 212 valence electrons. The number of alkyl halides is 6. The molecule has 3 amide bonds. The van der Waals surface area contributed by atoms with Gasteiger partial charge in [-0.1, -0.05) is 38.1 Å². The number of hydrogen-bond donors (Lipinski definition) is 1. The molecule has 1 aliphatic heterocycles. The molecular formula is C27H29F6N3O3. The number of carbonyl (C=O) groups is 3. The fourth-order valence-corrected chi connectivity index (χ4v) is 5.02. The van der Waals surface area contributed by atoms with Crippen molar-refractivity contribution in [1.82, 2.24) is 9.80 Å². The van der Waals surface area contributed by atoms with E-state index in [9.17, 15) is 40.7 Å². The fraction of sp³-hybridized carbons (Fsp3) is 0.444. The number of rotatable bonds is 5. The van der Waals surface area contributed by atoms with Crippen molar-refractivity contribution in [1.29, 1.82) is 0 Å². The molecule has 1 fully saturated rings. The zero-order chi connectivity index (χ0) is 29.3. The average molecular weight is 558 g/mol. The van der Waals surface area contributed by atoms with Gasteiger partial charge in [-0.15, -0.1) is 0 Å². The van der Waals surface area contributed by atoms with E-state index in [1.54, 1.807) is 12.1 Å². The van der Waals surface area contributed by atoms with Crippen molar-refractivity contribution in [2.45, 2.75) is 51.0 Å². The summed E-state index contributed by atoms with van der Waals surface area (Å²) in [4.78, 5) is 39.9. The molecule has 0 saturated carbocycles. The molecule has 2 N–H and O–H groups in total. The van der Waals surface area contributed by atoms with Gasteiger partial charge in [0.25, 0.3) is 0 Å². The normalized spacial score (nSPS) is 18.3. The van der Waals surface area contributed by atoms with E-state index < -0.39 is 59.6 Å².